The van der Waals surface area contributed by atoms with Crippen molar-refractivity contribution < 1.29 is 47.4 Å². The van der Waals surface area contributed by atoms with Gasteiger partial charge in [-0.2, -0.15) is 0 Å². The number of benzene rings is 9. The highest BCUT2D eigenvalue weighted by molar-refractivity contribution is 6.51. The first-order valence-electron chi connectivity index (χ1n) is 31.4. The number of ether oxygens (including phenoxy) is 10. The maximum absolute atomic E-state index is 15.1. The van der Waals surface area contributed by atoms with Gasteiger partial charge in [0.05, 0.1) is 132 Å². The molecule has 2 aromatic heterocycles. The summed E-state index contributed by atoms with van der Waals surface area (Å²) in [5.41, 5.74) is 4.21. The molecule has 2 fully saturated rings. The van der Waals surface area contributed by atoms with E-state index in [1.807, 2.05) is 38.1 Å². The third-order valence-corrected chi connectivity index (χ3v) is 17.4. The summed E-state index contributed by atoms with van der Waals surface area (Å²) < 4.78 is 61.0. The smallest absolute Gasteiger partial charge is 0.261 e. The van der Waals surface area contributed by atoms with E-state index in [0.717, 1.165) is 87.5 Å². The molecule has 0 N–H and O–H groups in total. The summed E-state index contributed by atoms with van der Waals surface area (Å²) in [5.74, 6) is 0. The predicted octanol–water partition coefficient (Wildman–Crippen LogP) is 9.11. The van der Waals surface area contributed by atoms with E-state index in [1.54, 1.807) is 0 Å². The fraction of sp³-hybridized carbons (Fsp3) is 0.429. The Balaban J connectivity index is 0.976. The van der Waals surface area contributed by atoms with Crippen LogP contribution < -0.4 is 32.0 Å². The van der Waals surface area contributed by atoms with E-state index >= 15 is 19.2 Å². The maximum Gasteiger partial charge on any atom is 0.261 e. The third kappa shape index (κ3) is 11.6. The summed E-state index contributed by atoms with van der Waals surface area (Å²) in [6.07, 6.45) is 1.18. The lowest BCUT2D eigenvalue weighted by Crippen LogP contribution is -2.33. The summed E-state index contributed by atoms with van der Waals surface area (Å²) in [6, 6.07) is 29.1. The highest BCUT2D eigenvalue weighted by Crippen LogP contribution is 2.54. The van der Waals surface area contributed by atoms with Gasteiger partial charge in [0.15, 0.2) is 0 Å². The molecule has 0 unspecified atom stereocenters. The molecular formula is C70H76N4O14. The van der Waals surface area contributed by atoms with Gasteiger partial charge in [0.25, 0.3) is 22.2 Å². The fourth-order valence-corrected chi connectivity index (χ4v) is 13.4. The number of hydrogen-bond acceptors (Lipinski definition) is 16. The lowest BCUT2D eigenvalue weighted by molar-refractivity contribution is -0.0116. The Bertz CT molecular complexity index is 4080. The van der Waals surface area contributed by atoms with E-state index in [1.165, 1.54) is 9.13 Å². The van der Waals surface area contributed by atoms with Crippen LogP contribution in [0.1, 0.15) is 26.7 Å². The van der Waals surface area contributed by atoms with E-state index in [2.05, 4.69) is 70.5 Å². The molecule has 0 bridgehead atoms. The summed E-state index contributed by atoms with van der Waals surface area (Å²) >= 11 is 0. The SMILES string of the molecule is CCCn1c(=O)c2cc3cc(-c4ccc(N5CCOCCOCCOCCOCCOCC5)cc4)c4cc5c(=O)n(CCC)c(=O)c6cc7cc(-c8ccc(N9CCOCCOCCOCCOCCOCC9)cc8)c8cc(c1=O)c2c1c3c4c(c65)c7c81. The Labute approximate surface area is 508 Å². The van der Waals surface area contributed by atoms with Crippen LogP contribution in [0.5, 0.6) is 0 Å². The topological polar surface area (TPSA) is 177 Å². The maximum atomic E-state index is 15.1. The average molecular weight is 1200 g/mol. The number of nitrogens with zero attached hydrogens (tertiary/aromatic N) is 4. The number of pyridine rings is 2. The molecule has 0 radical (unpaired) electrons. The average Bonchev–Trinajstić information content (AvgIpc) is 0.666. The van der Waals surface area contributed by atoms with Gasteiger partial charge in [-0.05, 0) is 139 Å². The number of anilines is 2. The van der Waals surface area contributed by atoms with Crippen molar-refractivity contribution in [2.75, 3.05) is 168 Å². The Kier molecular flexibility index (Phi) is 18.5. The summed E-state index contributed by atoms with van der Waals surface area (Å²) in [7, 11) is 0. The van der Waals surface area contributed by atoms with Crippen LogP contribution in [-0.2, 0) is 60.5 Å². The Hall–Kier alpha value is -7.20. The summed E-state index contributed by atoms with van der Waals surface area (Å²) in [5, 5.41) is 11.6. The second kappa shape index (κ2) is 27.3. The summed E-state index contributed by atoms with van der Waals surface area (Å²) in [4.78, 5) is 64.7. The van der Waals surface area contributed by atoms with Crippen LogP contribution in [-0.4, -0.2) is 167 Å². The van der Waals surface area contributed by atoms with Crippen molar-refractivity contribution >= 4 is 97.6 Å². The van der Waals surface area contributed by atoms with Crippen LogP contribution in [0.25, 0.3) is 108 Å². The van der Waals surface area contributed by atoms with Gasteiger partial charge in [0.1, 0.15) is 0 Å². The van der Waals surface area contributed by atoms with E-state index in [0.29, 0.717) is 203 Å². The molecule has 460 valence electrons. The lowest BCUT2D eigenvalue weighted by Gasteiger charge is -2.27. The van der Waals surface area contributed by atoms with Crippen molar-refractivity contribution in [3.63, 3.8) is 0 Å². The molecule has 0 atom stereocenters. The van der Waals surface area contributed by atoms with Crippen molar-refractivity contribution in [1.29, 1.82) is 0 Å². The molecule has 9 aromatic carbocycles. The molecule has 18 nitrogen and oxygen atoms in total. The molecule has 4 heterocycles. The second-order valence-corrected chi connectivity index (χ2v) is 22.8. The zero-order chi connectivity index (χ0) is 60.1. The molecular weight excluding hydrogens is 1120 g/mol. The first-order chi connectivity index (χ1) is 43.3. The normalized spacial score (nSPS) is 17.8. The zero-order valence-electron chi connectivity index (χ0n) is 50.4. The number of rotatable bonds is 8. The molecule has 0 aliphatic carbocycles. The van der Waals surface area contributed by atoms with Crippen LogP contribution in [0.2, 0.25) is 0 Å². The van der Waals surface area contributed by atoms with E-state index in [9.17, 15) is 0 Å². The van der Waals surface area contributed by atoms with Gasteiger partial charge in [-0.3, -0.25) is 28.3 Å². The first kappa shape index (κ1) is 59.7. The quantitative estimate of drug-likeness (QED) is 0.104. The molecule has 0 saturated carbocycles. The van der Waals surface area contributed by atoms with Gasteiger partial charge in [-0.25, -0.2) is 0 Å². The van der Waals surface area contributed by atoms with Crippen LogP contribution in [0.3, 0.4) is 0 Å². The molecule has 2 aliphatic rings. The Morgan fingerprint density at radius 3 is 0.852 bits per heavy atom. The minimum atomic E-state index is -0.329. The largest absolute Gasteiger partial charge is 0.377 e. The fourth-order valence-electron chi connectivity index (χ4n) is 13.4. The lowest BCUT2D eigenvalue weighted by atomic mass is 9.77. The molecule has 2 aliphatic heterocycles. The molecule has 11 aromatic rings. The van der Waals surface area contributed by atoms with Gasteiger partial charge in [-0.15, -0.1) is 0 Å². The van der Waals surface area contributed by atoms with Crippen molar-refractivity contribution in [3.8, 4) is 22.3 Å². The monoisotopic (exact) mass is 1200 g/mol. The second-order valence-electron chi connectivity index (χ2n) is 22.8. The molecule has 18 heteroatoms. The van der Waals surface area contributed by atoms with Crippen molar-refractivity contribution in [2.24, 2.45) is 0 Å². The highest BCUT2D eigenvalue weighted by atomic mass is 16.6. The van der Waals surface area contributed by atoms with E-state index < -0.39 is 0 Å². The summed E-state index contributed by atoms with van der Waals surface area (Å²) in [6.45, 7) is 16.5. The van der Waals surface area contributed by atoms with E-state index in [4.69, 9.17) is 47.4 Å². The molecule has 13 rings (SSSR count). The molecule has 0 amide bonds. The van der Waals surface area contributed by atoms with E-state index in [-0.39, 0.29) is 35.3 Å². The first-order valence-corrected chi connectivity index (χ1v) is 31.4. The van der Waals surface area contributed by atoms with Crippen LogP contribution in [0.15, 0.2) is 104 Å². The Morgan fingerprint density at radius 1 is 0.295 bits per heavy atom. The van der Waals surface area contributed by atoms with Gasteiger partial charge in [-0.1, -0.05) is 38.1 Å². The molecule has 88 heavy (non-hydrogen) atoms. The zero-order valence-corrected chi connectivity index (χ0v) is 50.4. The van der Waals surface area contributed by atoms with Crippen LogP contribution in [0.4, 0.5) is 11.4 Å². The minimum absolute atomic E-state index is 0.265. The standard InChI is InChI=1S/C70H76N4O14/c1-3-13-73-67(75)55-41-47-39-52(46-7-11-50(12-8-46)72-17-21-81-25-29-85-33-37-88-38-34-86-30-26-82-22-18-72)54-44-58-62-56(68(76)74(14-4-2)70(58)78)42-48-40-51(53-43-57(69(73)77)61(55)65-59(47)64(54)66(62)60(48)63(53)65)45-5-9-49(10-6-45)71-15-19-79-23-27-83-31-35-87-36-32-84-28-24-80-20-16-71/h5-12,39-44H,3-4,13-38H2,1-2H3. The van der Waals surface area contributed by atoms with Gasteiger partial charge in [0.2, 0.25) is 0 Å². The van der Waals surface area contributed by atoms with Crippen LogP contribution in [0, 0.1) is 0 Å². The van der Waals surface area contributed by atoms with Gasteiger partial charge < -0.3 is 57.2 Å². The van der Waals surface area contributed by atoms with Gasteiger partial charge in [0, 0.05) is 93.7 Å². The predicted molar refractivity (Wildman–Crippen MR) is 348 cm³/mol. The van der Waals surface area contributed by atoms with Crippen molar-refractivity contribution in [3.05, 3.63) is 126 Å². The van der Waals surface area contributed by atoms with Crippen molar-refractivity contribution in [2.45, 2.75) is 39.8 Å². The minimum Gasteiger partial charge on any atom is -0.377 e. The molecule has 0 spiro atoms. The third-order valence-electron chi connectivity index (χ3n) is 17.4. The number of aromatic nitrogens is 2. The van der Waals surface area contributed by atoms with Crippen LogP contribution >= 0.6 is 0 Å². The molecule has 2 saturated heterocycles. The van der Waals surface area contributed by atoms with Crippen molar-refractivity contribution in [1.82, 2.24) is 9.13 Å². The highest BCUT2D eigenvalue weighted by Gasteiger charge is 2.31. The van der Waals surface area contributed by atoms with Gasteiger partial charge >= 0.3 is 0 Å². The Morgan fingerprint density at radius 2 is 0.568 bits per heavy atom. The number of hydrogen-bond donors (Lipinski definition) is 0.